The molecule has 0 unspecified atom stereocenters. The summed E-state index contributed by atoms with van der Waals surface area (Å²) in [5.74, 6) is 1.42. The van der Waals surface area contributed by atoms with Gasteiger partial charge in [0.15, 0.2) is 0 Å². The zero-order chi connectivity index (χ0) is 20.1. The van der Waals surface area contributed by atoms with Crippen LogP contribution in [-0.2, 0) is 11.4 Å². The van der Waals surface area contributed by atoms with Crippen LogP contribution in [-0.4, -0.2) is 33.7 Å². The molecule has 0 spiro atoms. The molecule has 3 rings (SSSR count). The van der Waals surface area contributed by atoms with Gasteiger partial charge in [-0.15, -0.1) is 6.42 Å². The molecule has 0 radical (unpaired) electrons. The molecule has 1 fully saturated rings. The maximum Gasteiger partial charge on any atom is 0.335 e. The van der Waals surface area contributed by atoms with E-state index in [0.717, 1.165) is 22.2 Å². The van der Waals surface area contributed by atoms with Crippen molar-refractivity contribution >= 4 is 35.0 Å². The first-order chi connectivity index (χ1) is 13.5. The average Bonchev–Trinajstić information content (AvgIpc) is 2.95. The minimum Gasteiger partial charge on any atom is -0.488 e. The maximum absolute atomic E-state index is 12.3. The number of hydrogen-bond acceptors (Lipinski definition) is 5. The minimum atomic E-state index is -0.989. The second kappa shape index (κ2) is 8.46. The molecule has 0 bridgehead atoms. The lowest BCUT2D eigenvalue weighted by molar-refractivity contribution is -0.122. The van der Waals surface area contributed by atoms with E-state index >= 15 is 0 Å². The smallest absolute Gasteiger partial charge is 0.335 e. The highest BCUT2D eigenvalue weighted by molar-refractivity contribution is 8.18. The van der Waals surface area contributed by atoms with E-state index in [1.807, 2.05) is 0 Å². The Kier molecular flexibility index (Phi) is 5.82. The van der Waals surface area contributed by atoms with Crippen LogP contribution in [0.2, 0.25) is 0 Å². The van der Waals surface area contributed by atoms with Crippen LogP contribution in [0.3, 0.4) is 0 Å². The highest BCUT2D eigenvalue weighted by Gasteiger charge is 2.34. The number of imide groups is 1. The van der Waals surface area contributed by atoms with E-state index in [0.29, 0.717) is 11.3 Å². The molecule has 2 aromatic rings. The molecule has 1 heterocycles. The standard InChI is InChI=1S/C21H15NO5S/c1-2-11-22-19(23)18(28-21(22)26)12-16-5-3-4-6-17(16)27-13-14-7-9-15(10-8-14)20(24)25/h1,3-10,12H,11,13H2,(H,24,25)/b18-12+. The van der Waals surface area contributed by atoms with Gasteiger partial charge in [-0.25, -0.2) is 4.79 Å². The third-order valence-electron chi connectivity index (χ3n) is 3.92. The van der Waals surface area contributed by atoms with Crippen molar-refractivity contribution in [2.75, 3.05) is 6.54 Å². The van der Waals surface area contributed by atoms with Crippen molar-refractivity contribution in [1.29, 1.82) is 0 Å². The molecule has 0 aromatic heterocycles. The second-order valence-electron chi connectivity index (χ2n) is 5.80. The highest BCUT2D eigenvalue weighted by Crippen LogP contribution is 2.33. The molecule has 1 N–H and O–H groups in total. The summed E-state index contributed by atoms with van der Waals surface area (Å²) in [6, 6.07) is 13.5. The average molecular weight is 393 g/mol. The molecule has 1 saturated heterocycles. The van der Waals surface area contributed by atoms with Gasteiger partial charge in [0.25, 0.3) is 11.1 Å². The summed E-state index contributed by atoms with van der Waals surface area (Å²) in [6.07, 6.45) is 6.80. The van der Waals surface area contributed by atoms with Gasteiger partial charge in [0.05, 0.1) is 17.0 Å². The number of carbonyl (C=O) groups excluding carboxylic acids is 2. The monoisotopic (exact) mass is 393 g/mol. The molecule has 28 heavy (non-hydrogen) atoms. The summed E-state index contributed by atoms with van der Waals surface area (Å²) in [7, 11) is 0. The SMILES string of the molecule is C#CCN1C(=O)S/C(=C/c2ccccc2OCc2ccc(C(=O)O)cc2)C1=O. The number of aromatic carboxylic acids is 1. The van der Waals surface area contributed by atoms with Gasteiger partial charge in [0.2, 0.25) is 0 Å². The zero-order valence-electron chi connectivity index (χ0n) is 14.6. The van der Waals surface area contributed by atoms with E-state index in [2.05, 4.69) is 5.92 Å². The van der Waals surface area contributed by atoms with E-state index in [1.54, 1.807) is 42.5 Å². The second-order valence-corrected chi connectivity index (χ2v) is 6.79. The molecule has 6 nitrogen and oxygen atoms in total. The van der Waals surface area contributed by atoms with Gasteiger partial charge < -0.3 is 9.84 Å². The lowest BCUT2D eigenvalue weighted by Crippen LogP contribution is -2.28. The van der Waals surface area contributed by atoms with E-state index in [1.165, 1.54) is 12.1 Å². The predicted octanol–water partition coefficient (Wildman–Crippen LogP) is 3.63. The number of nitrogens with zero attached hydrogens (tertiary/aromatic N) is 1. The van der Waals surface area contributed by atoms with Gasteiger partial charge in [-0.3, -0.25) is 14.5 Å². The third-order valence-corrected chi connectivity index (χ3v) is 4.83. The number of amides is 2. The Morgan fingerprint density at radius 2 is 1.89 bits per heavy atom. The molecule has 140 valence electrons. The molecule has 7 heteroatoms. The molecule has 1 aliphatic heterocycles. The minimum absolute atomic E-state index is 0.0630. The van der Waals surface area contributed by atoms with Crippen molar-refractivity contribution in [1.82, 2.24) is 4.90 Å². The van der Waals surface area contributed by atoms with Crippen LogP contribution in [0.15, 0.2) is 53.4 Å². The Hall–Kier alpha value is -3.50. The number of ether oxygens (including phenoxy) is 1. The molecule has 0 aliphatic carbocycles. The topological polar surface area (TPSA) is 83.9 Å². The van der Waals surface area contributed by atoms with E-state index in [9.17, 15) is 14.4 Å². The number of terminal acetylenes is 1. The van der Waals surface area contributed by atoms with Crippen molar-refractivity contribution in [3.05, 3.63) is 70.1 Å². The number of thioether (sulfide) groups is 1. The van der Waals surface area contributed by atoms with Gasteiger partial charge in [-0.2, -0.15) is 0 Å². The Labute approximate surface area is 165 Å². The first-order valence-corrected chi connectivity index (χ1v) is 9.04. The van der Waals surface area contributed by atoms with Gasteiger partial charge in [0.1, 0.15) is 12.4 Å². The van der Waals surface area contributed by atoms with Crippen LogP contribution in [0, 0.1) is 12.3 Å². The summed E-state index contributed by atoms with van der Waals surface area (Å²) in [6.45, 7) is 0.163. The lowest BCUT2D eigenvalue weighted by Gasteiger charge is -2.10. The summed E-state index contributed by atoms with van der Waals surface area (Å²) < 4.78 is 5.83. The van der Waals surface area contributed by atoms with Gasteiger partial charge in [-0.05, 0) is 41.6 Å². The fourth-order valence-corrected chi connectivity index (χ4v) is 3.33. The van der Waals surface area contributed by atoms with Gasteiger partial charge >= 0.3 is 5.97 Å². The van der Waals surface area contributed by atoms with Crippen LogP contribution in [0.4, 0.5) is 4.79 Å². The van der Waals surface area contributed by atoms with Crippen LogP contribution < -0.4 is 4.74 Å². The lowest BCUT2D eigenvalue weighted by atomic mass is 10.1. The quantitative estimate of drug-likeness (QED) is 0.596. The predicted molar refractivity (Wildman–Crippen MR) is 106 cm³/mol. The Morgan fingerprint density at radius 1 is 1.18 bits per heavy atom. The summed E-state index contributed by atoms with van der Waals surface area (Å²) in [5, 5.41) is 8.55. The zero-order valence-corrected chi connectivity index (χ0v) is 15.4. The van der Waals surface area contributed by atoms with Crippen LogP contribution in [0.1, 0.15) is 21.5 Å². The largest absolute Gasteiger partial charge is 0.488 e. The molecular weight excluding hydrogens is 378 g/mol. The van der Waals surface area contributed by atoms with Crippen molar-refractivity contribution in [3.63, 3.8) is 0 Å². The summed E-state index contributed by atoms with van der Waals surface area (Å²) in [5.41, 5.74) is 1.65. The number of carboxylic acids is 1. The molecule has 0 saturated carbocycles. The fourth-order valence-electron chi connectivity index (χ4n) is 2.50. The Bertz CT molecular complexity index is 1000. The van der Waals surface area contributed by atoms with E-state index < -0.39 is 17.1 Å². The van der Waals surface area contributed by atoms with Crippen LogP contribution >= 0.6 is 11.8 Å². The van der Waals surface area contributed by atoms with Gasteiger partial charge in [0, 0.05) is 5.56 Å². The maximum atomic E-state index is 12.3. The third kappa shape index (κ3) is 4.24. The van der Waals surface area contributed by atoms with Gasteiger partial charge in [-0.1, -0.05) is 36.3 Å². The number of carbonyl (C=O) groups is 3. The Balaban J connectivity index is 1.77. The highest BCUT2D eigenvalue weighted by atomic mass is 32.2. The van der Waals surface area contributed by atoms with Crippen molar-refractivity contribution < 1.29 is 24.2 Å². The number of hydrogen-bond donors (Lipinski definition) is 1. The first kappa shape index (κ1) is 19.3. The fraction of sp³-hybridized carbons (Fsp3) is 0.0952. The van der Waals surface area contributed by atoms with E-state index in [4.69, 9.17) is 16.3 Å². The first-order valence-electron chi connectivity index (χ1n) is 8.22. The van der Waals surface area contributed by atoms with Crippen molar-refractivity contribution in [3.8, 4) is 18.1 Å². The normalized spacial score (nSPS) is 15.0. The number of carboxylic acid groups (broad SMARTS) is 1. The number of benzene rings is 2. The van der Waals surface area contributed by atoms with Crippen LogP contribution in [0.25, 0.3) is 6.08 Å². The van der Waals surface area contributed by atoms with Crippen molar-refractivity contribution in [2.45, 2.75) is 6.61 Å². The molecule has 2 amide bonds. The molecule has 2 aromatic carbocycles. The van der Waals surface area contributed by atoms with Crippen LogP contribution in [0.5, 0.6) is 5.75 Å². The summed E-state index contributed by atoms with van der Waals surface area (Å²) in [4.78, 5) is 36.4. The van der Waals surface area contributed by atoms with E-state index in [-0.39, 0.29) is 23.6 Å². The molecular formula is C21H15NO5S. The molecule has 0 atom stereocenters. The van der Waals surface area contributed by atoms with Crippen molar-refractivity contribution in [2.24, 2.45) is 0 Å². The Morgan fingerprint density at radius 3 is 2.57 bits per heavy atom. The number of rotatable bonds is 6. The summed E-state index contributed by atoms with van der Waals surface area (Å²) >= 11 is 0.836. The number of para-hydroxylation sites is 1. The molecule has 1 aliphatic rings.